The molecule has 1 aliphatic rings. The van der Waals surface area contributed by atoms with Crippen LogP contribution in [-0.2, 0) is 39.7 Å². The lowest BCUT2D eigenvalue weighted by molar-refractivity contribution is -0.910. The molecule has 3 N–H and O–H groups in total. The lowest BCUT2D eigenvalue weighted by Gasteiger charge is -2.42. The number of nitrogens with zero attached hydrogens (tertiary/aromatic N) is 5. The molecular formula is C37H60N7O7+. The number of likely N-dealkylation sites (N-methyl/N-ethyl adjacent to an activating group) is 1. The number of quaternary nitrogens is 1. The second-order valence-corrected chi connectivity index (χ2v) is 13.5. The van der Waals surface area contributed by atoms with E-state index in [9.17, 15) is 9.59 Å². The van der Waals surface area contributed by atoms with Gasteiger partial charge in [0.1, 0.15) is 35.0 Å². The van der Waals surface area contributed by atoms with Gasteiger partial charge in [0.05, 0.1) is 105 Å². The number of ether oxygens (including phenoxy) is 5. The molecule has 0 aliphatic carbocycles. The van der Waals surface area contributed by atoms with E-state index < -0.39 is 0 Å². The molecule has 14 heteroatoms. The Morgan fingerprint density at radius 3 is 2.29 bits per heavy atom. The molecule has 1 aromatic carbocycles. The molecule has 1 amide bonds. The number of piperazine rings is 1. The normalized spacial score (nSPS) is 14.5. The number of Topliss-reactive ketones (excluding diaryl/α,β-unsaturated/α-hetero) is 1. The third-order valence-electron chi connectivity index (χ3n) is 9.44. The number of anilines is 2. The SMILES string of the molecule is CCCCc1nc2c([nH]1)c(N)nc1ccc(N3CC[N+](C)(CCOCCN(CCOCCC(C)=O)C(=O)CCOCCOCCOC)CC3)cc12. The average molecular weight is 715 g/mol. The topological polar surface area (TPSA) is 154 Å². The molecule has 4 rings (SSSR count). The first-order valence-electron chi connectivity index (χ1n) is 18.5. The summed E-state index contributed by atoms with van der Waals surface area (Å²) >= 11 is 0. The fourth-order valence-electron chi connectivity index (χ4n) is 6.09. The number of aromatic nitrogens is 3. The van der Waals surface area contributed by atoms with Gasteiger partial charge in [0.2, 0.25) is 5.91 Å². The lowest BCUT2D eigenvalue weighted by Crippen LogP contribution is -2.58. The van der Waals surface area contributed by atoms with Crippen molar-refractivity contribution >= 4 is 45.1 Å². The van der Waals surface area contributed by atoms with Gasteiger partial charge in [-0.1, -0.05) is 13.3 Å². The summed E-state index contributed by atoms with van der Waals surface area (Å²) in [5.41, 5.74) is 10.0. The van der Waals surface area contributed by atoms with Crippen LogP contribution < -0.4 is 10.6 Å². The Bertz CT molecular complexity index is 1510. The summed E-state index contributed by atoms with van der Waals surface area (Å²) in [5.74, 6) is 1.52. The second-order valence-electron chi connectivity index (χ2n) is 13.5. The maximum Gasteiger partial charge on any atom is 0.225 e. The van der Waals surface area contributed by atoms with E-state index in [2.05, 4.69) is 47.0 Å². The van der Waals surface area contributed by atoms with Crippen LogP contribution in [0, 0.1) is 0 Å². The largest absolute Gasteiger partial charge is 0.382 e. The molecule has 1 aliphatic heterocycles. The van der Waals surface area contributed by atoms with E-state index in [4.69, 9.17) is 34.4 Å². The van der Waals surface area contributed by atoms with Crippen molar-refractivity contribution in [1.82, 2.24) is 19.9 Å². The number of unbranched alkanes of at least 4 members (excludes halogenated alkanes) is 1. The van der Waals surface area contributed by atoms with E-state index in [1.54, 1.807) is 18.9 Å². The molecule has 0 radical (unpaired) electrons. The van der Waals surface area contributed by atoms with Gasteiger partial charge in [0, 0.05) is 44.1 Å². The summed E-state index contributed by atoms with van der Waals surface area (Å²) in [4.78, 5) is 41.4. The number of carbonyl (C=O) groups excluding carboxylic acids is 2. The summed E-state index contributed by atoms with van der Waals surface area (Å²) < 4.78 is 28.5. The maximum absolute atomic E-state index is 13.0. The van der Waals surface area contributed by atoms with Crippen molar-refractivity contribution in [1.29, 1.82) is 0 Å². The van der Waals surface area contributed by atoms with Crippen molar-refractivity contribution in [2.75, 3.05) is 130 Å². The number of carbonyl (C=O) groups is 2. The van der Waals surface area contributed by atoms with Crippen LogP contribution >= 0.6 is 0 Å². The Kier molecular flexibility index (Phi) is 16.8. The number of aromatic amines is 1. The minimum absolute atomic E-state index is 0.0120. The highest BCUT2D eigenvalue weighted by Gasteiger charge is 2.29. The van der Waals surface area contributed by atoms with Crippen LogP contribution in [-0.4, -0.2) is 155 Å². The molecule has 0 bridgehead atoms. The number of H-pyrrole nitrogens is 1. The van der Waals surface area contributed by atoms with Crippen LogP contribution in [0.15, 0.2) is 18.2 Å². The number of hydrogen-bond acceptors (Lipinski definition) is 11. The summed E-state index contributed by atoms with van der Waals surface area (Å²) in [7, 11) is 3.92. The summed E-state index contributed by atoms with van der Waals surface area (Å²) in [5, 5.41) is 1.03. The minimum Gasteiger partial charge on any atom is -0.382 e. The molecule has 14 nitrogen and oxygen atoms in total. The number of benzene rings is 1. The van der Waals surface area contributed by atoms with Gasteiger partial charge in [0.25, 0.3) is 0 Å². The molecule has 0 saturated carbocycles. The number of hydrogen-bond donors (Lipinski definition) is 2. The molecular weight excluding hydrogens is 654 g/mol. The smallest absolute Gasteiger partial charge is 0.225 e. The van der Waals surface area contributed by atoms with Crippen molar-refractivity contribution in [3.05, 3.63) is 24.0 Å². The van der Waals surface area contributed by atoms with E-state index in [0.717, 1.165) is 84.2 Å². The highest BCUT2D eigenvalue weighted by molar-refractivity contribution is 6.07. The summed E-state index contributed by atoms with van der Waals surface area (Å²) in [6.07, 6.45) is 3.72. The van der Waals surface area contributed by atoms with Crippen molar-refractivity contribution in [3.63, 3.8) is 0 Å². The Hall–Kier alpha value is -3.40. The van der Waals surface area contributed by atoms with Crippen LogP contribution in [0.2, 0.25) is 0 Å². The van der Waals surface area contributed by atoms with Gasteiger partial charge in [0.15, 0.2) is 0 Å². The number of imidazole rings is 1. The summed E-state index contributed by atoms with van der Waals surface area (Å²) in [6, 6.07) is 6.40. The highest BCUT2D eigenvalue weighted by Crippen LogP contribution is 2.30. The monoisotopic (exact) mass is 714 g/mol. The van der Waals surface area contributed by atoms with Crippen molar-refractivity contribution in [3.8, 4) is 0 Å². The molecule has 2 aromatic heterocycles. The first kappa shape index (κ1) is 40.4. The third kappa shape index (κ3) is 13.0. The predicted octanol–water partition coefficient (Wildman–Crippen LogP) is 3.21. The first-order valence-corrected chi connectivity index (χ1v) is 18.5. The van der Waals surface area contributed by atoms with Crippen molar-refractivity contribution in [2.45, 2.75) is 46.0 Å². The predicted molar refractivity (Wildman–Crippen MR) is 199 cm³/mol. The molecule has 0 spiro atoms. The van der Waals surface area contributed by atoms with E-state index in [1.807, 2.05) is 0 Å². The molecule has 284 valence electrons. The van der Waals surface area contributed by atoms with Crippen LogP contribution in [0.1, 0.15) is 45.4 Å². The van der Waals surface area contributed by atoms with E-state index in [0.29, 0.717) is 84.8 Å². The summed E-state index contributed by atoms with van der Waals surface area (Å²) in [6.45, 7) is 13.4. The van der Waals surface area contributed by atoms with Gasteiger partial charge in [-0.2, -0.15) is 0 Å². The van der Waals surface area contributed by atoms with Gasteiger partial charge >= 0.3 is 0 Å². The molecule has 0 atom stereocenters. The molecule has 3 aromatic rings. The molecule has 1 fully saturated rings. The Labute approximate surface area is 302 Å². The highest BCUT2D eigenvalue weighted by atomic mass is 16.5. The van der Waals surface area contributed by atoms with Gasteiger partial charge in [-0.15, -0.1) is 0 Å². The van der Waals surface area contributed by atoms with E-state index >= 15 is 0 Å². The van der Waals surface area contributed by atoms with Crippen LogP contribution in [0.4, 0.5) is 11.5 Å². The number of fused-ring (bicyclic) bond motifs is 3. The minimum atomic E-state index is -0.0120. The number of methoxy groups -OCH3 is 1. The van der Waals surface area contributed by atoms with E-state index in [-0.39, 0.29) is 18.1 Å². The molecule has 0 unspecified atom stereocenters. The zero-order valence-corrected chi connectivity index (χ0v) is 31.3. The van der Waals surface area contributed by atoms with Gasteiger partial charge in [-0.25, -0.2) is 9.97 Å². The quantitative estimate of drug-likeness (QED) is 0.0983. The maximum atomic E-state index is 13.0. The van der Waals surface area contributed by atoms with Crippen LogP contribution in [0.5, 0.6) is 0 Å². The zero-order chi connectivity index (χ0) is 36.5. The third-order valence-corrected chi connectivity index (χ3v) is 9.44. The first-order chi connectivity index (χ1) is 24.7. The molecule has 1 saturated heterocycles. The van der Waals surface area contributed by atoms with Gasteiger partial charge in [-0.3, -0.25) is 9.59 Å². The average Bonchev–Trinajstić information content (AvgIpc) is 3.56. The number of nitrogens with two attached hydrogens (primary N) is 1. The number of nitrogens with one attached hydrogen (secondary N) is 1. The molecule has 51 heavy (non-hydrogen) atoms. The van der Waals surface area contributed by atoms with Gasteiger partial charge < -0.3 is 48.7 Å². The number of ketones is 1. The number of nitrogen functional groups attached to an aromatic ring is 1. The number of pyridine rings is 1. The number of aryl methyl sites for hydroxylation is 1. The molecule has 3 heterocycles. The van der Waals surface area contributed by atoms with Crippen LogP contribution in [0.25, 0.3) is 21.9 Å². The standard InChI is InChI=1S/C37H60N7O7/c1-5-6-7-33-40-35-31-28-30(8-9-32(31)39-37(38)36(35)41-33)42-12-16-44(3,17-13-42)18-23-50-22-15-43(14-21-48-19-10-29(2)45)34(46)11-20-49-26-27-51-25-24-47-4/h8-9,28H,5-7,10-27H2,1-4H3,(H2,38,39)(H,40,41)/q+1. The van der Waals surface area contributed by atoms with E-state index in [1.165, 1.54) is 5.69 Å². The lowest BCUT2D eigenvalue weighted by atomic mass is 10.1. The zero-order valence-electron chi connectivity index (χ0n) is 31.3. The number of rotatable bonds is 25. The second kappa shape index (κ2) is 21.2. The fraction of sp³-hybridized carbons (Fsp3) is 0.676. The van der Waals surface area contributed by atoms with Crippen molar-refractivity contribution in [2.24, 2.45) is 0 Å². The Morgan fingerprint density at radius 2 is 1.59 bits per heavy atom. The van der Waals surface area contributed by atoms with Gasteiger partial charge in [-0.05, 0) is 31.5 Å². The Balaban J connectivity index is 1.21. The number of amides is 1. The van der Waals surface area contributed by atoms with Crippen LogP contribution in [0.3, 0.4) is 0 Å². The van der Waals surface area contributed by atoms with Crippen molar-refractivity contribution < 1.29 is 37.8 Å². The fourth-order valence-corrected chi connectivity index (χ4v) is 6.09. The Morgan fingerprint density at radius 1 is 0.922 bits per heavy atom.